The molecule has 1 amide bonds. The molecule has 2 aromatic heterocycles. The number of hydrogen-bond acceptors (Lipinski definition) is 6. The average molecular weight is 360 g/mol. The minimum Gasteiger partial charge on any atom is -0.338 e. The van der Waals surface area contributed by atoms with Crippen LogP contribution in [-0.4, -0.2) is 61.8 Å². The van der Waals surface area contributed by atoms with E-state index in [9.17, 15) is 4.79 Å². The fourth-order valence-corrected chi connectivity index (χ4v) is 3.42. The molecule has 1 aliphatic heterocycles. The maximum atomic E-state index is 13.0. The summed E-state index contributed by atoms with van der Waals surface area (Å²) in [7, 11) is 0. The Balaban J connectivity index is 1.83. The molecule has 0 aliphatic carbocycles. The molecule has 3 heterocycles. The Kier molecular flexibility index (Phi) is 5.70. The molecule has 1 atom stereocenters. The Morgan fingerprint density at radius 3 is 2.81 bits per heavy atom. The van der Waals surface area contributed by atoms with Gasteiger partial charge in [-0.1, -0.05) is 19.0 Å². The number of aromatic nitrogens is 4. The summed E-state index contributed by atoms with van der Waals surface area (Å²) < 4.78 is 7.24. The van der Waals surface area contributed by atoms with Crippen LogP contribution in [0.2, 0.25) is 0 Å². The lowest BCUT2D eigenvalue weighted by molar-refractivity contribution is 0.0708. The first-order valence-corrected chi connectivity index (χ1v) is 9.34. The van der Waals surface area contributed by atoms with Gasteiger partial charge < -0.3 is 9.42 Å². The highest BCUT2D eigenvalue weighted by Gasteiger charge is 2.33. The molecule has 1 aliphatic rings. The van der Waals surface area contributed by atoms with Gasteiger partial charge in [0.15, 0.2) is 5.82 Å². The molecule has 1 saturated heterocycles. The maximum Gasteiger partial charge on any atom is 0.257 e. The Hall–Kier alpha value is -2.22. The molecule has 2 aromatic rings. The van der Waals surface area contributed by atoms with E-state index < -0.39 is 0 Å². The Morgan fingerprint density at radius 2 is 2.19 bits per heavy atom. The number of rotatable bonds is 5. The highest BCUT2D eigenvalue weighted by molar-refractivity contribution is 5.93. The van der Waals surface area contributed by atoms with Crippen LogP contribution in [0, 0.1) is 12.8 Å². The zero-order valence-electron chi connectivity index (χ0n) is 16.1. The largest absolute Gasteiger partial charge is 0.338 e. The summed E-state index contributed by atoms with van der Waals surface area (Å²) in [5.74, 6) is 1.74. The van der Waals surface area contributed by atoms with Crippen LogP contribution in [0.5, 0.6) is 0 Å². The van der Waals surface area contributed by atoms with Gasteiger partial charge in [-0.15, -0.1) is 0 Å². The van der Waals surface area contributed by atoms with Crippen LogP contribution < -0.4 is 0 Å². The van der Waals surface area contributed by atoms with E-state index in [0.29, 0.717) is 36.3 Å². The lowest BCUT2D eigenvalue weighted by atomic mass is 10.1. The third-order valence-electron chi connectivity index (χ3n) is 4.63. The summed E-state index contributed by atoms with van der Waals surface area (Å²) in [5, 5.41) is 8.18. The fourth-order valence-electron chi connectivity index (χ4n) is 3.42. The Bertz CT molecular complexity index is 738. The summed E-state index contributed by atoms with van der Waals surface area (Å²) in [6.07, 6.45) is 4.38. The van der Waals surface area contributed by atoms with Crippen LogP contribution in [0.25, 0.3) is 0 Å². The summed E-state index contributed by atoms with van der Waals surface area (Å²) >= 11 is 0. The Labute approximate surface area is 154 Å². The van der Waals surface area contributed by atoms with Gasteiger partial charge in [0.2, 0.25) is 5.89 Å². The predicted molar refractivity (Wildman–Crippen MR) is 96.6 cm³/mol. The van der Waals surface area contributed by atoms with E-state index in [1.165, 1.54) is 0 Å². The number of hydrogen-bond donors (Lipinski definition) is 0. The molecule has 0 spiro atoms. The molecular formula is C18H28N6O2. The quantitative estimate of drug-likeness (QED) is 0.813. The van der Waals surface area contributed by atoms with Crippen molar-refractivity contribution in [3.63, 3.8) is 0 Å². The van der Waals surface area contributed by atoms with E-state index in [2.05, 4.69) is 34.0 Å². The first-order valence-electron chi connectivity index (χ1n) is 9.34. The minimum atomic E-state index is -0.0775. The molecule has 8 nitrogen and oxygen atoms in total. The average Bonchev–Trinajstić information content (AvgIpc) is 3.20. The first-order chi connectivity index (χ1) is 12.5. The molecule has 26 heavy (non-hydrogen) atoms. The topological polar surface area (TPSA) is 80.3 Å². The summed E-state index contributed by atoms with van der Waals surface area (Å²) in [6, 6.07) is -0.0775. The van der Waals surface area contributed by atoms with Gasteiger partial charge in [-0.3, -0.25) is 14.4 Å². The predicted octanol–water partition coefficient (Wildman–Crippen LogP) is 2.14. The van der Waals surface area contributed by atoms with Crippen molar-refractivity contribution in [1.82, 2.24) is 29.7 Å². The second-order valence-electron chi connectivity index (χ2n) is 7.27. The monoisotopic (exact) mass is 360 g/mol. The highest BCUT2D eigenvalue weighted by Crippen LogP contribution is 2.26. The summed E-state index contributed by atoms with van der Waals surface area (Å²) in [6.45, 7) is 12.1. The number of aryl methyl sites for hydroxylation is 2. The summed E-state index contributed by atoms with van der Waals surface area (Å²) in [5.41, 5.74) is 0.629. The number of amides is 1. The third kappa shape index (κ3) is 4.12. The van der Waals surface area contributed by atoms with Crippen LogP contribution in [0.4, 0.5) is 0 Å². The van der Waals surface area contributed by atoms with Crippen LogP contribution in [0.1, 0.15) is 55.3 Å². The molecule has 0 radical (unpaired) electrons. The molecule has 0 N–H and O–H groups in total. The van der Waals surface area contributed by atoms with Crippen molar-refractivity contribution in [3.8, 4) is 0 Å². The van der Waals surface area contributed by atoms with Crippen molar-refractivity contribution in [2.45, 2.75) is 46.7 Å². The van der Waals surface area contributed by atoms with E-state index >= 15 is 0 Å². The maximum absolute atomic E-state index is 13.0. The van der Waals surface area contributed by atoms with E-state index in [0.717, 1.165) is 26.1 Å². The lowest BCUT2D eigenvalue weighted by Crippen LogP contribution is -2.39. The summed E-state index contributed by atoms with van der Waals surface area (Å²) in [4.78, 5) is 21.7. The standard InChI is InChI=1S/C18H28N6O2/c1-5-24-11-15(9-19-24)18(25)23-8-6-7-22(10-13(2)3)16(12-23)17-20-14(4)21-26-17/h9,11,13,16H,5-8,10,12H2,1-4H3. The van der Waals surface area contributed by atoms with Gasteiger partial charge in [0, 0.05) is 38.9 Å². The normalized spacial score (nSPS) is 19.1. The van der Waals surface area contributed by atoms with Crippen molar-refractivity contribution < 1.29 is 9.32 Å². The van der Waals surface area contributed by atoms with Gasteiger partial charge in [-0.2, -0.15) is 10.1 Å². The van der Waals surface area contributed by atoms with Crippen molar-refractivity contribution in [3.05, 3.63) is 29.7 Å². The second kappa shape index (κ2) is 7.99. The van der Waals surface area contributed by atoms with Crippen LogP contribution in [-0.2, 0) is 6.54 Å². The minimum absolute atomic E-state index is 0.0114. The van der Waals surface area contributed by atoms with Gasteiger partial charge in [0.25, 0.3) is 5.91 Å². The fraction of sp³-hybridized carbons (Fsp3) is 0.667. The lowest BCUT2D eigenvalue weighted by Gasteiger charge is -2.30. The van der Waals surface area contributed by atoms with E-state index in [-0.39, 0.29) is 11.9 Å². The van der Waals surface area contributed by atoms with E-state index in [1.54, 1.807) is 10.9 Å². The van der Waals surface area contributed by atoms with Crippen molar-refractivity contribution >= 4 is 5.91 Å². The number of nitrogens with zero attached hydrogens (tertiary/aromatic N) is 6. The molecule has 1 fully saturated rings. The van der Waals surface area contributed by atoms with Gasteiger partial charge >= 0.3 is 0 Å². The second-order valence-corrected chi connectivity index (χ2v) is 7.27. The molecule has 0 saturated carbocycles. The Morgan fingerprint density at radius 1 is 1.38 bits per heavy atom. The van der Waals surface area contributed by atoms with Crippen LogP contribution >= 0.6 is 0 Å². The number of carbonyl (C=O) groups excluding carboxylic acids is 1. The first kappa shape index (κ1) is 18.6. The molecule has 142 valence electrons. The van der Waals surface area contributed by atoms with Crippen LogP contribution in [0.3, 0.4) is 0 Å². The zero-order chi connectivity index (χ0) is 18.7. The van der Waals surface area contributed by atoms with E-state index in [1.807, 2.05) is 24.9 Å². The number of carbonyl (C=O) groups is 1. The molecule has 1 unspecified atom stereocenters. The van der Waals surface area contributed by atoms with Crippen LogP contribution in [0.15, 0.2) is 16.9 Å². The SMILES string of the molecule is CCn1cc(C(=O)N2CCCN(CC(C)C)C(c3nc(C)no3)C2)cn1. The van der Waals surface area contributed by atoms with Gasteiger partial charge in [0.05, 0.1) is 11.8 Å². The van der Waals surface area contributed by atoms with Crippen molar-refractivity contribution in [1.29, 1.82) is 0 Å². The van der Waals surface area contributed by atoms with Crippen molar-refractivity contribution in [2.75, 3.05) is 26.2 Å². The van der Waals surface area contributed by atoms with Gasteiger partial charge in [-0.25, -0.2) is 0 Å². The smallest absolute Gasteiger partial charge is 0.257 e. The molecule has 0 bridgehead atoms. The van der Waals surface area contributed by atoms with Gasteiger partial charge in [-0.05, 0) is 26.2 Å². The molecule has 0 aromatic carbocycles. The molecular weight excluding hydrogens is 332 g/mol. The van der Waals surface area contributed by atoms with Gasteiger partial charge in [0.1, 0.15) is 6.04 Å². The third-order valence-corrected chi connectivity index (χ3v) is 4.63. The van der Waals surface area contributed by atoms with Crippen molar-refractivity contribution in [2.24, 2.45) is 5.92 Å². The molecule has 8 heteroatoms. The molecule has 3 rings (SSSR count). The highest BCUT2D eigenvalue weighted by atomic mass is 16.5. The zero-order valence-corrected chi connectivity index (χ0v) is 16.1. The van der Waals surface area contributed by atoms with E-state index in [4.69, 9.17) is 4.52 Å².